The van der Waals surface area contributed by atoms with Gasteiger partial charge in [-0.25, -0.2) is 9.18 Å². The lowest BCUT2D eigenvalue weighted by atomic mass is 9.98. The molecule has 0 saturated heterocycles. The summed E-state index contributed by atoms with van der Waals surface area (Å²) in [6.07, 6.45) is 2.74. The van der Waals surface area contributed by atoms with Crippen LogP contribution in [0.5, 0.6) is 0 Å². The van der Waals surface area contributed by atoms with Gasteiger partial charge in [0.2, 0.25) is 0 Å². The molecule has 0 amide bonds. The highest BCUT2D eigenvalue weighted by atomic mass is 19.1. The van der Waals surface area contributed by atoms with Gasteiger partial charge in [0.15, 0.2) is 0 Å². The fraction of sp³-hybridized carbons (Fsp3) is 0.727. The summed E-state index contributed by atoms with van der Waals surface area (Å²) in [5.41, 5.74) is 3.81. The van der Waals surface area contributed by atoms with Crippen LogP contribution in [0.25, 0.3) is 0 Å². The van der Waals surface area contributed by atoms with Crippen LogP contribution >= 0.6 is 0 Å². The molecule has 2 N–H and O–H groups in total. The third kappa shape index (κ3) is 5.40. The number of esters is 1. The molecule has 0 spiro atoms. The minimum atomic E-state index is -1.63. The highest BCUT2D eigenvalue weighted by molar-refractivity contribution is 5.82. The number of halogens is 1. The summed E-state index contributed by atoms with van der Waals surface area (Å²) in [4.78, 5) is 11.1. The normalized spacial score (nSPS) is 15.9. The van der Waals surface area contributed by atoms with Crippen molar-refractivity contribution in [1.82, 2.24) is 0 Å². The van der Waals surface area contributed by atoms with Gasteiger partial charge in [-0.3, -0.25) is 0 Å². The minimum absolute atomic E-state index is 0.0644. The first-order valence-corrected chi connectivity index (χ1v) is 5.27. The second kappa shape index (κ2) is 6.43. The van der Waals surface area contributed by atoms with Gasteiger partial charge in [0.05, 0.1) is 12.3 Å². The number of alkyl halides is 1. The largest absolute Gasteiger partial charge is 0.462 e. The SMILES string of the molecule is CCCOC(=O)C=C(N)C(C)(F)CCC. The minimum Gasteiger partial charge on any atom is -0.462 e. The zero-order valence-electron chi connectivity index (χ0n) is 9.68. The van der Waals surface area contributed by atoms with E-state index in [2.05, 4.69) is 0 Å². The quantitative estimate of drug-likeness (QED) is 0.548. The number of ether oxygens (including phenoxy) is 1. The topological polar surface area (TPSA) is 52.3 Å². The molecule has 15 heavy (non-hydrogen) atoms. The number of hydrogen-bond acceptors (Lipinski definition) is 3. The molecule has 0 rings (SSSR count). The second-order valence-electron chi connectivity index (χ2n) is 3.71. The van der Waals surface area contributed by atoms with Crippen LogP contribution in [-0.4, -0.2) is 18.2 Å². The van der Waals surface area contributed by atoms with E-state index in [1.165, 1.54) is 6.92 Å². The maximum Gasteiger partial charge on any atom is 0.332 e. The third-order valence-electron chi connectivity index (χ3n) is 2.04. The van der Waals surface area contributed by atoms with Gasteiger partial charge in [0.1, 0.15) is 5.67 Å². The predicted octanol–water partition coefficient (Wildman–Crippen LogP) is 2.31. The Kier molecular flexibility index (Phi) is 5.97. The molecular formula is C11H20FNO2. The van der Waals surface area contributed by atoms with Gasteiger partial charge < -0.3 is 10.5 Å². The van der Waals surface area contributed by atoms with Gasteiger partial charge in [0, 0.05) is 6.08 Å². The first kappa shape index (κ1) is 13.9. The van der Waals surface area contributed by atoms with E-state index in [0.29, 0.717) is 19.4 Å². The lowest BCUT2D eigenvalue weighted by Crippen LogP contribution is -2.27. The van der Waals surface area contributed by atoms with Crippen molar-refractivity contribution < 1.29 is 13.9 Å². The van der Waals surface area contributed by atoms with Gasteiger partial charge in [-0.05, 0) is 19.8 Å². The van der Waals surface area contributed by atoms with E-state index in [0.717, 1.165) is 12.5 Å². The number of carbonyl (C=O) groups is 1. The van der Waals surface area contributed by atoms with Gasteiger partial charge >= 0.3 is 5.97 Å². The number of carbonyl (C=O) groups excluding carboxylic acids is 1. The van der Waals surface area contributed by atoms with Crippen LogP contribution in [0.3, 0.4) is 0 Å². The van der Waals surface area contributed by atoms with E-state index in [1.54, 1.807) is 0 Å². The van der Waals surface area contributed by atoms with Gasteiger partial charge in [-0.1, -0.05) is 20.3 Å². The monoisotopic (exact) mass is 217 g/mol. The standard InChI is InChI=1S/C11H20FNO2/c1-4-6-11(3,12)9(13)8-10(14)15-7-5-2/h8H,4-7,13H2,1-3H3. The average molecular weight is 217 g/mol. The Bertz CT molecular complexity index is 237. The summed E-state index contributed by atoms with van der Waals surface area (Å²) in [5, 5.41) is 0. The molecule has 0 aliphatic carbocycles. The van der Waals surface area contributed by atoms with E-state index in [4.69, 9.17) is 10.5 Å². The lowest BCUT2D eigenvalue weighted by molar-refractivity contribution is -0.137. The maximum absolute atomic E-state index is 13.8. The average Bonchev–Trinajstić information content (AvgIpc) is 2.14. The van der Waals surface area contributed by atoms with Crippen LogP contribution in [0.2, 0.25) is 0 Å². The third-order valence-corrected chi connectivity index (χ3v) is 2.04. The van der Waals surface area contributed by atoms with Gasteiger partial charge in [-0.2, -0.15) is 0 Å². The molecule has 0 radical (unpaired) electrons. The number of allylic oxidation sites excluding steroid dienone is 1. The van der Waals surface area contributed by atoms with E-state index < -0.39 is 11.6 Å². The highest BCUT2D eigenvalue weighted by Gasteiger charge is 2.26. The van der Waals surface area contributed by atoms with Crippen LogP contribution in [0.15, 0.2) is 11.8 Å². The Morgan fingerprint density at radius 3 is 2.53 bits per heavy atom. The van der Waals surface area contributed by atoms with Crippen LogP contribution in [0, 0.1) is 0 Å². The molecule has 0 aromatic rings. The molecule has 0 saturated carbocycles. The molecule has 88 valence electrons. The second-order valence-corrected chi connectivity index (χ2v) is 3.71. The first-order valence-electron chi connectivity index (χ1n) is 5.27. The predicted molar refractivity (Wildman–Crippen MR) is 57.9 cm³/mol. The van der Waals surface area contributed by atoms with Crippen molar-refractivity contribution in [2.75, 3.05) is 6.61 Å². The zero-order chi connectivity index (χ0) is 11.9. The first-order chi connectivity index (χ1) is 6.94. The van der Waals surface area contributed by atoms with E-state index in [1.807, 2.05) is 13.8 Å². The molecule has 0 aromatic heterocycles. The van der Waals surface area contributed by atoms with Gasteiger partial charge in [-0.15, -0.1) is 0 Å². The zero-order valence-corrected chi connectivity index (χ0v) is 9.68. The Morgan fingerprint density at radius 2 is 2.07 bits per heavy atom. The van der Waals surface area contributed by atoms with E-state index in [-0.39, 0.29) is 5.70 Å². The lowest BCUT2D eigenvalue weighted by Gasteiger charge is -2.19. The highest BCUT2D eigenvalue weighted by Crippen LogP contribution is 2.23. The number of nitrogens with two attached hydrogens (primary N) is 1. The number of hydrogen-bond donors (Lipinski definition) is 1. The fourth-order valence-corrected chi connectivity index (χ4v) is 1.14. The smallest absolute Gasteiger partial charge is 0.332 e. The van der Waals surface area contributed by atoms with Crippen molar-refractivity contribution in [2.45, 2.75) is 45.7 Å². The van der Waals surface area contributed by atoms with Crippen LogP contribution < -0.4 is 5.73 Å². The van der Waals surface area contributed by atoms with Crippen LogP contribution in [0.4, 0.5) is 4.39 Å². The summed E-state index contributed by atoms with van der Waals surface area (Å²) < 4.78 is 18.5. The summed E-state index contributed by atoms with van der Waals surface area (Å²) in [6.45, 7) is 5.45. The molecule has 3 nitrogen and oxygen atoms in total. The summed E-state index contributed by atoms with van der Waals surface area (Å²) in [6, 6.07) is 0. The van der Waals surface area contributed by atoms with Crippen LogP contribution in [0.1, 0.15) is 40.0 Å². The molecule has 0 aliphatic heterocycles. The Labute approximate surface area is 90.5 Å². The Balaban J connectivity index is 4.34. The van der Waals surface area contributed by atoms with Crippen LogP contribution in [-0.2, 0) is 9.53 Å². The Hall–Kier alpha value is -1.06. The van der Waals surface area contributed by atoms with Crippen molar-refractivity contribution in [3.05, 3.63) is 11.8 Å². The van der Waals surface area contributed by atoms with Crippen molar-refractivity contribution in [2.24, 2.45) is 5.73 Å². The summed E-state index contributed by atoms with van der Waals surface area (Å²) in [7, 11) is 0. The summed E-state index contributed by atoms with van der Waals surface area (Å²) in [5.74, 6) is -0.575. The van der Waals surface area contributed by atoms with Crippen molar-refractivity contribution in [1.29, 1.82) is 0 Å². The van der Waals surface area contributed by atoms with Crippen molar-refractivity contribution >= 4 is 5.97 Å². The molecule has 0 aliphatic rings. The summed E-state index contributed by atoms with van der Waals surface area (Å²) >= 11 is 0. The molecule has 4 heteroatoms. The van der Waals surface area contributed by atoms with Crippen molar-refractivity contribution in [3.63, 3.8) is 0 Å². The van der Waals surface area contributed by atoms with E-state index >= 15 is 0 Å². The van der Waals surface area contributed by atoms with Gasteiger partial charge in [0.25, 0.3) is 0 Å². The molecule has 0 aromatic carbocycles. The molecule has 0 bridgehead atoms. The molecule has 1 atom stereocenters. The number of rotatable bonds is 6. The fourth-order valence-electron chi connectivity index (χ4n) is 1.14. The van der Waals surface area contributed by atoms with E-state index in [9.17, 15) is 9.18 Å². The maximum atomic E-state index is 13.8. The molecule has 0 heterocycles. The molecule has 1 unspecified atom stereocenters. The molecule has 0 fully saturated rings. The Morgan fingerprint density at radius 1 is 1.47 bits per heavy atom. The van der Waals surface area contributed by atoms with Crippen molar-refractivity contribution in [3.8, 4) is 0 Å². The molecular weight excluding hydrogens is 197 g/mol.